The van der Waals surface area contributed by atoms with Gasteiger partial charge in [-0.3, -0.25) is 9.36 Å². The molecule has 0 saturated carbocycles. The van der Waals surface area contributed by atoms with Crippen LogP contribution in [0.2, 0.25) is 0 Å². The van der Waals surface area contributed by atoms with Gasteiger partial charge in [-0.05, 0) is 36.6 Å². The van der Waals surface area contributed by atoms with E-state index < -0.39 is 12.1 Å². The molecular formula is C22H23NO4. The highest BCUT2D eigenvalue weighted by atomic mass is 16.5. The molecule has 140 valence electrons. The molecule has 0 amide bonds. The zero-order valence-corrected chi connectivity index (χ0v) is 15.8. The molecular weight excluding hydrogens is 342 g/mol. The monoisotopic (exact) mass is 365 g/mol. The average molecular weight is 365 g/mol. The van der Waals surface area contributed by atoms with Crippen LogP contribution in [0.1, 0.15) is 41.0 Å². The molecule has 0 unspecified atom stereocenters. The Bertz CT molecular complexity index is 956. The summed E-state index contributed by atoms with van der Waals surface area (Å²) in [6.07, 6.45) is 2.33. The van der Waals surface area contributed by atoms with Gasteiger partial charge in [0.1, 0.15) is 5.75 Å². The van der Waals surface area contributed by atoms with Crippen LogP contribution in [-0.2, 0) is 11.2 Å². The number of carbonyl (C=O) groups is 2. The number of aromatic nitrogens is 1. The van der Waals surface area contributed by atoms with Gasteiger partial charge in [-0.15, -0.1) is 0 Å². The van der Waals surface area contributed by atoms with Crippen LogP contribution in [0, 0.1) is 0 Å². The molecule has 5 nitrogen and oxygen atoms in total. The molecule has 0 saturated heterocycles. The second-order valence-corrected chi connectivity index (χ2v) is 6.27. The van der Waals surface area contributed by atoms with Crippen molar-refractivity contribution < 1.29 is 19.1 Å². The summed E-state index contributed by atoms with van der Waals surface area (Å²) in [6.45, 7) is 3.99. The van der Waals surface area contributed by atoms with E-state index in [0.29, 0.717) is 28.6 Å². The van der Waals surface area contributed by atoms with Crippen molar-refractivity contribution in [1.82, 2.24) is 4.57 Å². The van der Waals surface area contributed by atoms with E-state index in [9.17, 15) is 9.59 Å². The maximum absolute atomic E-state index is 13.1. The minimum absolute atomic E-state index is 0.219. The van der Waals surface area contributed by atoms with Crippen molar-refractivity contribution >= 4 is 22.8 Å². The largest absolute Gasteiger partial charge is 0.481 e. The first-order valence-corrected chi connectivity index (χ1v) is 9.07. The second-order valence-electron chi connectivity index (χ2n) is 6.27. The summed E-state index contributed by atoms with van der Waals surface area (Å²) in [5.41, 5.74) is 2.23. The van der Waals surface area contributed by atoms with E-state index in [0.717, 1.165) is 6.42 Å². The lowest BCUT2D eigenvalue weighted by molar-refractivity contribution is 0.0602. The number of para-hydroxylation sites is 1. The lowest BCUT2D eigenvalue weighted by atomic mass is 10.1. The Balaban J connectivity index is 1.94. The van der Waals surface area contributed by atoms with Crippen LogP contribution in [0.25, 0.3) is 10.9 Å². The lowest BCUT2D eigenvalue weighted by Gasteiger charge is -2.17. The van der Waals surface area contributed by atoms with Gasteiger partial charge >= 0.3 is 5.97 Å². The Kier molecular flexibility index (Phi) is 5.60. The van der Waals surface area contributed by atoms with Gasteiger partial charge in [-0.2, -0.15) is 0 Å². The van der Waals surface area contributed by atoms with E-state index in [-0.39, 0.29) is 5.91 Å². The fraction of sp³-hybridized carbons (Fsp3) is 0.273. The molecule has 1 aromatic heterocycles. The number of hydrogen-bond acceptors (Lipinski definition) is 4. The number of esters is 1. The molecule has 0 bridgehead atoms. The summed E-state index contributed by atoms with van der Waals surface area (Å²) in [7, 11) is 1.33. The van der Waals surface area contributed by atoms with Crippen LogP contribution < -0.4 is 4.74 Å². The van der Waals surface area contributed by atoms with E-state index in [4.69, 9.17) is 9.47 Å². The summed E-state index contributed by atoms with van der Waals surface area (Å²) in [5, 5.41) is 0.680. The highest BCUT2D eigenvalue weighted by Crippen LogP contribution is 2.24. The van der Waals surface area contributed by atoms with E-state index in [1.54, 1.807) is 6.07 Å². The molecule has 3 aromatic rings. The molecule has 1 heterocycles. The van der Waals surface area contributed by atoms with E-state index in [1.165, 1.54) is 23.4 Å². The number of ether oxygens (including phenoxy) is 2. The summed E-state index contributed by atoms with van der Waals surface area (Å²) in [4.78, 5) is 25.2. The smallest absolute Gasteiger partial charge is 0.340 e. The van der Waals surface area contributed by atoms with Crippen molar-refractivity contribution in [3.8, 4) is 5.75 Å². The van der Waals surface area contributed by atoms with Crippen LogP contribution in [0.15, 0.2) is 54.7 Å². The number of fused-ring (bicyclic) bond motifs is 1. The van der Waals surface area contributed by atoms with Gasteiger partial charge in [0.2, 0.25) is 0 Å². The quantitative estimate of drug-likeness (QED) is 0.604. The summed E-state index contributed by atoms with van der Waals surface area (Å²) < 4.78 is 12.3. The Hall–Kier alpha value is -3.08. The molecule has 0 radical (unpaired) electrons. The molecule has 0 aliphatic heterocycles. The van der Waals surface area contributed by atoms with E-state index in [1.807, 2.05) is 49.4 Å². The van der Waals surface area contributed by atoms with Crippen molar-refractivity contribution in [3.05, 3.63) is 65.9 Å². The molecule has 27 heavy (non-hydrogen) atoms. The topological polar surface area (TPSA) is 57.5 Å². The number of nitrogens with zero attached hydrogens (tertiary/aromatic N) is 1. The number of carbonyl (C=O) groups excluding carboxylic acids is 2. The predicted molar refractivity (Wildman–Crippen MR) is 104 cm³/mol. The van der Waals surface area contributed by atoms with Crippen molar-refractivity contribution in [3.63, 3.8) is 0 Å². The highest BCUT2D eigenvalue weighted by Gasteiger charge is 2.25. The Morgan fingerprint density at radius 1 is 1.04 bits per heavy atom. The van der Waals surface area contributed by atoms with E-state index >= 15 is 0 Å². The van der Waals surface area contributed by atoms with E-state index in [2.05, 4.69) is 6.92 Å². The number of aryl methyl sites for hydroxylation is 1. The van der Waals surface area contributed by atoms with Crippen molar-refractivity contribution in [2.75, 3.05) is 7.11 Å². The number of benzene rings is 2. The first-order chi connectivity index (χ1) is 13.1. The SMILES string of the molecule is CCc1ccc(O[C@H](CC)C(=O)n2cc(C(=O)OC)c3ccccc32)cc1. The first-order valence-electron chi connectivity index (χ1n) is 9.07. The van der Waals surface area contributed by atoms with Gasteiger partial charge in [-0.1, -0.05) is 44.2 Å². The molecule has 1 atom stereocenters. The summed E-state index contributed by atoms with van der Waals surface area (Å²) >= 11 is 0. The lowest BCUT2D eigenvalue weighted by Crippen LogP contribution is -2.31. The van der Waals surface area contributed by atoms with Crippen LogP contribution >= 0.6 is 0 Å². The normalized spacial score (nSPS) is 12.0. The first kappa shape index (κ1) is 18.7. The summed E-state index contributed by atoms with van der Waals surface area (Å²) in [6, 6.07) is 15.0. The standard InChI is InChI=1S/C22H23NO4/c1-4-15-10-12-16(13-11-15)27-20(5-2)21(24)23-14-18(22(25)26-3)17-8-6-7-9-19(17)23/h6-14,20H,4-5H2,1-3H3/t20-/m1/s1. The minimum atomic E-state index is -0.654. The van der Waals surface area contributed by atoms with Crippen LogP contribution in [-0.4, -0.2) is 29.7 Å². The molecule has 3 rings (SSSR count). The van der Waals surface area contributed by atoms with Crippen LogP contribution in [0.4, 0.5) is 0 Å². The highest BCUT2D eigenvalue weighted by molar-refractivity contribution is 6.07. The number of hydrogen-bond donors (Lipinski definition) is 0. The van der Waals surface area contributed by atoms with Crippen LogP contribution in [0.5, 0.6) is 5.75 Å². The zero-order valence-electron chi connectivity index (χ0n) is 15.8. The Morgan fingerprint density at radius 2 is 1.74 bits per heavy atom. The van der Waals surface area contributed by atoms with Gasteiger partial charge < -0.3 is 9.47 Å². The van der Waals surface area contributed by atoms with Gasteiger partial charge in [-0.25, -0.2) is 4.79 Å². The van der Waals surface area contributed by atoms with Gasteiger partial charge in [0, 0.05) is 11.6 Å². The van der Waals surface area contributed by atoms with Crippen molar-refractivity contribution in [2.45, 2.75) is 32.8 Å². The van der Waals surface area contributed by atoms with Gasteiger partial charge in [0.25, 0.3) is 5.91 Å². The molecule has 0 aliphatic carbocycles. The molecule has 2 aromatic carbocycles. The maximum atomic E-state index is 13.1. The van der Waals surface area contributed by atoms with Gasteiger partial charge in [0.05, 0.1) is 18.2 Å². The Labute approximate surface area is 158 Å². The minimum Gasteiger partial charge on any atom is -0.481 e. The molecule has 5 heteroatoms. The molecule has 0 spiro atoms. The zero-order chi connectivity index (χ0) is 19.4. The Morgan fingerprint density at radius 3 is 2.37 bits per heavy atom. The molecule has 0 N–H and O–H groups in total. The predicted octanol–water partition coefficient (Wildman–Crippen LogP) is 4.49. The third kappa shape index (κ3) is 3.72. The molecule has 0 aliphatic rings. The second kappa shape index (κ2) is 8.08. The third-order valence-electron chi connectivity index (χ3n) is 4.61. The number of methoxy groups -OCH3 is 1. The third-order valence-corrected chi connectivity index (χ3v) is 4.61. The average Bonchev–Trinajstić information content (AvgIpc) is 3.11. The van der Waals surface area contributed by atoms with Gasteiger partial charge in [0.15, 0.2) is 6.10 Å². The molecule has 0 fully saturated rings. The maximum Gasteiger partial charge on any atom is 0.340 e. The summed E-state index contributed by atoms with van der Waals surface area (Å²) in [5.74, 6) is -0.0395. The fourth-order valence-electron chi connectivity index (χ4n) is 3.07. The van der Waals surface area contributed by atoms with Crippen molar-refractivity contribution in [2.24, 2.45) is 0 Å². The van der Waals surface area contributed by atoms with Crippen LogP contribution in [0.3, 0.4) is 0 Å². The number of rotatable bonds is 6. The fourth-order valence-corrected chi connectivity index (χ4v) is 3.07. The van der Waals surface area contributed by atoms with Crippen molar-refractivity contribution in [1.29, 1.82) is 0 Å².